The molecule has 2 atom stereocenters. The van der Waals surface area contributed by atoms with Gasteiger partial charge in [-0.05, 0) is 54.2 Å². The molecule has 5 heteroatoms. The number of pyridine rings is 1. The van der Waals surface area contributed by atoms with Crippen LogP contribution in [0.25, 0.3) is 6.08 Å². The summed E-state index contributed by atoms with van der Waals surface area (Å²) in [5.41, 5.74) is 4.60. The van der Waals surface area contributed by atoms with Gasteiger partial charge in [0.2, 0.25) is 0 Å². The topological polar surface area (TPSA) is 65.5 Å². The van der Waals surface area contributed by atoms with E-state index in [2.05, 4.69) is 58.5 Å². The number of rotatable bonds is 8. The van der Waals surface area contributed by atoms with Crippen LogP contribution in [0.15, 0.2) is 54.2 Å². The SMILES string of the molecule is CC/C(=C\c1ccccc1)C1CC1NC1CC2(C1)CN(Cc1ccc(C(=O)O)nc1)C2. The van der Waals surface area contributed by atoms with Gasteiger partial charge in [0, 0.05) is 37.9 Å². The van der Waals surface area contributed by atoms with Crippen molar-refractivity contribution in [3.8, 4) is 0 Å². The maximum Gasteiger partial charge on any atom is 0.354 e. The lowest BCUT2D eigenvalue weighted by Gasteiger charge is -2.59. The van der Waals surface area contributed by atoms with Crippen LogP contribution in [0.3, 0.4) is 0 Å². The van der Waals surface area contributed by atoms with Crippen LogP contribution in [0, 0.1) is 11.3 Å². The Morgan fingerprint density at radius 1 is 1.23 bits per heavy atom. The molecule has 1 aromatic heterocycles. The molecule has 5 rings (SSSR count). The highest BCUT2D eigenvalue weighted by atomic mass is 16.4. The Kier molecular flexibility index (Phi) is 5.40. The summed E-state index contributed by atoms with van der Waals surface area (Å²) in [6.07, 6.45) is 9.06. The molecule has 31 heavy (non-hydrogen) atoms. The van der Waals surface area contributed by atoms with E-state index in [1.807, 2.05) is 6.07 Å². The zero-order chi connectivity index (χ0) is 21.4. The molecule has 3 aliphatic rings. The standard InChI is InChI=1S/C26H31N3O2/c1-2-20(10-18-6-4-3-5-7-18)22-11-24(22)28-21-12-26(13-21)16-29(17-26)15-19-8-9-23(25(30)31)27-14-19/h3-10,14,21-22,24,28H,2,11-13,15-17H2,1H3,(H,30,31)/b20-10+. The van der Waals surface area contributed by atoms with E-state index in [9.17, 15) is 4.79 Å². The molecule has 1 saturated heterocycles. The minimum atomic E-state index is -0.970. The van der Waals surface area contributed by atoms with Gasteiger partial charge in [0.05, 0.1) is 0 Å². The molecule has 2 heterocycles. The normalized spacial score (nSPS) is 25.1. The van der Waals surface area contributed by atoms with Crippen molar-refractivity contribution in [1.82, 2.24) is 15.2 Å². The van der Waals surface area contributed by atoms with Crippen LogP contribution in [0.4, 0.5) is 0 Å². The Morgan fingerprint density at radius 2 is 2.00 bits per heavy atom. The summed E-state index contributed by atoms with van der Waals surface area (Å²) in [4.78, 5) is 17.4. The van der Waals surface area contributed by atoms with E-state index < -0.39 is 5.97 Å². The first kappa shape index (κ1) is 20.4. The summed E-state index contributed by atoms with van der Waals surface area (Å²) >= 11 is 0. The highest BCUT2D eigenvalue weighted by Crippen LogP contribution is 2.50. The zero-order valence-corrected chi connectivity index (χ0v) is 18.1. The number of aromatic carboxylic acids is 1. The fraction of sp³-hybridized carbons (Fsp3) is 0.462. The average molecular weight is 418 g/mol. The van der Waals surface area contributed by atoms with Crippen molar-refractivity contribution >= 4 is 12.0 Å². The number of carbonyl (C=O) groups is 1. The van der Waals surface area contributed by atoms with Crippen molar-refractivity contribution in [3.05, 3.63) is 71.1 Å². The molecule has 0 bridgehead atoms. The Labute approximate surface area is 184 Å². The van der Waals surface area contributed by atoms with Gasteiger partial charge in [0.15, 0.2) is 0 Å². The highest BCUT2D eigenvalue weighted by Gasteiger charge is 2.53. The first-order chi connectivity index (χ1) is 15.0. The van der Waals surface area contributed by atoms with E-state index in [1.165, 1.54) is 24.8 Å². The largest absolute Gasteiger partial charge is 0.477 e. The summed E-state index contributed by atoms with van der Waals surface area (Å²) in [5, 5.41) is 12.9. The predicted molar refractivity (Wildman–Crippen MR) is 122 cm³/mol. The first-order valence-electron chi connectivity index (χ1n) is 11.5. The lowest BCUT2D eigenvalue weighted by molar-refractivity contribution is -0.0834. The summed E-state index contributed by atoms with van der Waals surface area (Å²) in [6.45, 7) is 5.43. The van der Waals surface area contributed by atoms with Crippen molar-refractivity contribution in [2.24, 2.45) is 11.3 Å². The lowest BCUT2D eigenvalue weighted by atomic mass is 9.60. The summed E-state index contributed by atoms with van der Waals surface area (Å²) in [6, 6.07) is 15.5. The fourth-order valence-corrected chi connectivity index (χ4v) is 5.60. The summed E-state index contributed by atoms with van der Waals surface area (Å²) in [7, 11) is 0. The van der Waals surface area contributed by atoms with Crippen molar-refractivity contribution in [2.45, 2.75) is 51.2 Å². The maximum absolute atomic E-state index is 10.9. The molecular weight excluding hydrogens is 386 g/mol. The number of aromatic nitrogens is 1. The van der Waals surface area contributed by atoms with Crippen LogP contribution in [-0.2, 0) is 6.54 Å². The quantitative estimate of drug-likeness (QED) is 0.673. The van der Waals surface area contributed by atoms with Gasteiger partial charge >= 0.3 is 5.97 Å². The molecule has 2 unspecified atom stereocenters. The summed E-state index contributed by atoms with van der Waals surface area (Å²) in [5.74, 6) is -0.261. The number of carboxylic acid groups (broad SMARTS) is 1. The molecule has 1 aromatic carbocycles. The molecule has 2 saturated carbocycles. The predicted octanol–water partition coefficient (Wildman–Crippen LogP) is 4.22. The third-order valence-corrected chi connectivity index (χ3v) is 7.20. The molecule has 0 amide bonds. The van der Waals surface area contributed by atoms with E-state index in [4.69, 9.17) is 5.11 Å². The Hall–Kier alpha value is -2.50. The Morgan fingerprint density at radius 3 is 2.65 bits per heavy atom. The van der Waals surface area contributed by atoms with Gasteiger partial charge in [-0.1, -0.05) is 55.0 Å². The second kappa shape index (κ2) is 8.21. The first-order valence-corrected chi connectivity index (χ1v) is 11.5. The lowest BCUT2D eigenvalue weighted by Crippen LogP contribution is -2.65. The molecule has 1 aliphatic heterocycles. The monoisotopic (exact) mass is 417 g/mol. The van der Waals surface area contributed by atoms with Crippen LogP contribution in [0.1, 0.15) is 54.2 Å². The molecular formula is C26H31N3O2. The van der Waals surface area contributed by atoms with Crippen LogP contribution < -0.4 is 5.32 Å². The number of benzene rings is 1. The molecule has 5 nitrogen and oxygen atoms in total. The maximum atomic E-state index is 10.9. The van der Waals surface area contributed by atoms with Gasteiger partial charge in [-0.25, -0.2) is 9.78 Å². The third-order valence-electron chi connectivity index (χ3n) is 7.20. The van der Waals surface area contributed by atoms with E-state index in [1.54, 1.807) is 17.8 Å². The smallest absolute Gasteiger partial charge is 0.354 e. The zero-order valence-electron chi connectivity index (χ0n) is 18.1. The van der Waals surface area contributed by atoms with Crippen LogP contribution in [-0.4, -0.2) is 46.1 Å². The van der Waals surface area contributed by atoms with E-state index in [0.717, 1.165) is 31.6 Å². The molecule has 1 spiro atoms. The average Bonchev–Trinajstić information content (AvgIpc) is 3.49. The molecule has 2 aliphatic carbocycles. The molecule has 2 N–H and O–H groups in total. The number of carboxylic acids is 1. The fourth-order valence-electron chi connectivity index (χ4n) is 5.60. The minimum Gasteiger partial charge on any atom is -0.477 e. The van der Waals surface area contributed by atoms with Gasteiger partial charge in [-0.15, -0.1) is 0 Å². The van der Waals surface area contributed by atoms with Crippen molar-refractivity contribution < 1.29 is 9.90 Å². The second-order valence-corrected chi connectivity index (χ2v) is 9.71. The van der Waals surface area contributed by atoms with Gasteiger partial charge in [0.25, 0.3) is 0 Å². The Balaban J connectivity index is 1.05. The molecule has 2 aromatic rings. The number of hydrogen-bond donors (Lipinski definition) is 2. The van der Waals surface area contributed by atoms with Gasteiger partial charge < -0.3 is 10.4 Å². The number of hydrogen-bond acceptors (Lipinski definition) is 4. The highest BCUT2D eigenvalue weighted by molar-refractivity contribution is 5.85. The molecule has 3 fully saturated rings. The summed E-state index contributed by atoms with van der Waals surface area (Å²) < 4.78 is 0. The van der Waals surface area contributed by atoms with Crippen LogP contribution in [0.5, 0.6) is 0 Å². The van der Waals surface area contributed by atoms with Crippen LogP contribution >= 0.6 is 0 Å². The van der Waals surface area contributed by atoms with E-state index in [0.29, 0.717) is 23.4 Å². The molecule has 162 valence electrons. The van der Waals surface area contributed by atoms with Crippen LogP contribution in [0.2, 0.25) is 0 Å². The second-order valence-electron chi connectivity index (χ2n) is 9.71. The van der Waals surface area contributed by atoms with Crippen molar-refractivity contribution in [3.63, 3.8) is 0 Å². The molecule has 0 radical (unpaired) electrons. The van der Waals surface area contributed by atoms with Gasteiger partial charge in [0.1, 0.15) is 5.69 Å². The van der Waals surface area contributed by atoms with E-state index in [-0.39, 0.29) is 5.69 Å². The number of nitrogens with zero attached hydrogens (tertiary/aromatic N) is 2. The van der Waals surface area contributed by atoms with Crippen molar-refractivity contribution in [2.75, 3.05) is 13.1 Å². The number of nitrogens with one attached hydrogen (secondary N) is 1. The van der Waals surface area contributed by atoms with E-state index >= 15 is 0 Å². The van der Waals surface area contributed by atoms with Crippen molar-refractivity contribution in [1.29, 1.82) is 0 Å². The minimum absolute atomic E-state index is 0.111. The third kappa shape index (κ3) is 4.43. The van der Waals surface area contributed by atoms with Gasteiger partial charge in [-0.2, -0.15) is 0 Å². The Bertz CT molecular complexity index is 956. The van der Waals surface area contributed by atoms with Gasteiger partial charge in [-0.3, -0.25) is 4.90 Å². The number of likely N-dealkylation sites (tertiary alicyclic amines) is 1.